The fraction of sp³-hybridized carbons (Fsp3) is 0.692. The van der Waals surface area contributed by atoms with Crippen LogP contribution in [0.5, 0.6) is 0 Å². The Morgan fingerprint density at radius 1 is 1.40 bits per heavy atom. The van der Waals surface area contributed by atoms with Crippen molar-refractivity contribution in [2.45, 2.75) is 40.2 Å². The molecule has 0 aromatic carbocycles. The van der Waals surface area contributed by atoms with E-state index in [4.69, 9.17) is 4.74 Å². The lowest BCUT2D eigenvalue weighted by atomic mass is 10.1. The zero-order chi connectivity index (χ0) is 15.1. The highest BCUT2D eigenvalue weighted by molar-refractivity contribution is 5.88. The zero-order valence-corrected chi connectivity index (χ0v) is 12.5. The van der Waals surface area contributed by atoms with Gasteiger partial charge in [0, 0.05) is 13.5 Å². The summed E-state index contributed by atoms with van der Waals surface area (Å²) in [5, 5.41) is 10.4. The highest BCUT2D eigenvalue weighted by Crippen LogP contribution is 2.13. The number of aryl methyl sites for hydroxylation is 1. The SMILES string of the molecule is CCOC(=O)c1nnn(CCC(=O)NC)c1CC(C)C. The van der Waals surface area contributed by atoms with Gasteiger partial charge in [-0.15, -0.1) is 5.10 Å². The van der Waals surface area contributed by atoms with Crippen LogP contribution in [0.25, 0.3) is 0 Å². The Morgan fingerprint density at radius 2 is 2.10 bits per heavy atom. The molecular weight excluding hydrogens is 260 g/mol. The van der Waals surface area contributed by atoms with Crippen molar-refractivity contribution < 1.29 is 14.3 Å². The molecule has 0 radical (unpaired) electrons. The molecule has 0 saturated heterocycles. The summed E-state index contributed by atoms with van der Waals surface area (Å²) in [7, 11) is 1.59. The van der Waals surface area contributed by atoms with Gasteiger partial charge in [-0.3, -0.25) is 4.79 Å². The Morgan fingerprint density at radius 3 is 2.65 bits per heavy atom. The van der Waals surface area contributed by atoms with E-state index in [-0.39, 0.29) is 11.6 Å². The fourth-order valence-electron chi connectivity index (χ4n) is 1.79. The third-order valence-corrected chi connectivity index (χ3v) is 2.74. The van der Waals surface area contributed by atoms with Gasteiger partial charge in [-0.05, 0) is 19.3 Å². The number of esters is 1. The Hall–Kier alpha value is -1.92. The van der Waals surface area contributed by atoms with Crippen LogP contribution in [0.3, 0.4) is 0 Å². The summed E-state index contributed by atoms with van der Waals surface area (Å²) >= 11 is 0. The van der Waals surface area contributed by atoms with Gasteiger partial charge in [0.25, 0.3) is 0 Å². The van der Waals surface area contributed by atoms with Crippen molar-refractivity contribution in [2.75, 3.05) is 13.7 Å². The molecule has 0 atom stereocenters. The van der Waals surface area contributed by atoms with E-state index in [0.29, 0.717) is 31.9 Å². The minimum Gasteiger partial charge on any atom is -0.461 e. The second-order valence-corrected chi connectivity index (χ2v) is 4.85. The van der Waals surface area contributed by atoms with Crippen LogP contribution in [0.2, 0.25) is 0 Å². The molecule has 1 N–H and O–H groups in total. The van der Waals surface area contributed by atoms with Gasteiger partial charge in [0.2, 0.25) is 5.91 Å². The van der Waals surface area contributed by atoms with Gasteiger partial charge in [0.1, 0.15) is 0 Å². The molecule has 1 aromatic rings. The maximum Gasteiger partial charge on any atom is 0.360 e. The Kier molecular flexibility index (Phi) is 6.14. The van der Waals surface area contributed by atoms with Gasteiger partial charge in [-0.2, -0.15) is 0 Å². The largest absolute Gasteiger partial charge is 0.461 e. The van der Waals surface area contributed by atoms with Crippen LogP contribution in [-0.2, 0) is 22.5 Å². The quantitative estimate of drug-likeness (QED) is 0.747. The molecule has 0 aliphatic heterocycles. The van der Waals surface area contributed by atoms with Gasteiger partial charge in [-0.1, -0.05) is 19.1 Å². The first kappa shape index (κ1) is 16.1. The lowest BCUT2D eigenvalue weighted by molar-refractivity contribution is -0.120. The first-order valence-electron chi connectivity index (χ1n) is 6.79. The molecule has 0 aliphatic carbocycles. The van der Waals surface area contributed by atoms with Gasteiger partial charge in [0.05, 0.1) is 18.8 Å². The molecule has 0 fully saturated rings. The summed E-state index contributed by atoms with van der Waals surface area (Å²) in [6.45, 7) is 6.53. The van der Waals surface area contributed by atoms with Crippen molar-refractivity contribution in [3.63, 3.8) is 0 Å². The smallest absolute Gasteiger partial charge is 0.360 e. The van der Waals surface area contributed by atoms with Crippen molar-refractivity contribution >= 4 is 11.9 Å². The lowest BCUT2D eigenvalue weighted by Gasteiger charge is -2.09. The average molecular weight is 282 g/mol. The summed E-state index contributed by atoms with van der Waals surface area (Å²) in [6.07, 6.45) is 0.960. The number of aromatic nitrogens is 3. The topological polar surface area (TPSA) is 86.1 Å². The highest BCUT2D eigenvalue weighted by atomic mass is 16.5. The molecular formula is C13H22N4O3. The molecule has 7 nitrogen and oxygen atoms in total. The summed E-state index contributed by atoms with van der Waals surface area (Å²) < 4.78 is 6.59. The highest BCUT2D eigenvalue weighted by Gasteiger charge is 2.21. The van der Waals surface area contributed by atoms with E-state index in [1.807, 2.05) is 13.8 Å². The van der Waals surface area contributed by atoms with Crippen molar-refractivity contribution in [3.05, 3.63) is 11.4 Å². The van der Waals surface area contributed by atoms with Crippen LogP contribution in [0.1, 0.15) is 43.4 Å². The van der Waals surface area contributed by atoms with E-state index in [1.54, 1.807) is 18.7 Å². The normalized spacial score (nSPS) is 10.7. The minimum absolute atomic E-state index is 0.0753. The summed E-state index contributed by atoms with van der Waals surface area (Å²) in [4.78, 5) is 23.1. The summed E-state index contributed by atoms with van der Waals surface area (Å²) in [5.41, 5.74) is 0.972. The standard InChI is InChI=1S/C13H22N4O3/c1-5-20-13(19)12-10(8-9(2)3)17(16-15-12)7-6-11(18)14-4/h9H,5-8H2,1-4H3,(H,14,18). The molecule has 1 rings (SSSR count). The average Bonchev–Trinajstić information content (AvgIpc) is 2.78. The second kappa shape index (κ2) is 7.62. The van der Waals surface area contributed by atoms with Crippen LogP contribution in [0, 0.1) is 5.92 Å². The number of carbonyl (C=O) groups is 2. The van der Waals surface area contributed by atoms with Crippen LogP contribution in [0.4, 0.5) is 0 Å². The van der Waals surface area contributed by atoms with Gasteiger partial charge in [0.15, 0.2) is 5.69 Å². The predicted octanol–water partition coefficient (Wildman–Crippen LogP) is 0.789. The first-order chi connectivity index (χ1) is 9.49. The van der Waals surface area contributed by atoms with E-state index in [1.165, 1.54) is 0 Å². The Balaban J connectivity index is 2.93. The van der Waals surface area contributed by atoms with E-state index in [2.05, 4.69) is 15.6 Å². The number of amides is 1. The molecule has 0 bridgehead atoms. The number of rotatable bonds is 7. The van der Waals surface area contributed by atoms with Crippen LogP contribution >= 0.6 is 0 Å². The van der Waals surface area contributed by atoms with Gasteiger partial charge in [-0.25, -0.2) is 9.48 Å². The molecule has 112 valence electrons. The lowest BCUT2D eigenvalue weighted by Crippen LogP contribution is -2.21. The fourth-order valence-corrected chi connectivity index (χ4v) is 1.79. The number of ether oxygens (including phenoxy) is 1. The first-order valence-corrected chi connectivity index (χ1v) is 6.79. The number of carbonyl (C=O) groups excluding carboxylic acids is 2. The molecule has 0 unspecified atom stereocenters. The number of hydrogen-bond acceptors (Lipinski definition) is 5. The van der Waals surface area contributed by atoms with E-state index < -0.39 is 5.97 Å². The third kappa shape index (κ3) is 4.32. The van der Waals surface area contributed by atoms with E-state index in [0.717, 1.165) is 5.69 Å². The summed E-state index contributed by atoms with van der Waals surface area (Å²) in [6, 6.07) is 0. The van der Waals surface area contributed by atoms with Crippen LogP contribution in [-0.4, -0.2) is 40.5 Å². The second-order valence-electron chi connectivity index (χ2n) is 4.85. The maximum atomic E-state index is 11.8. The summed E-state index contributed by atoms with van der Waals surface area (Å²) in [5.74, 6) is -0.191. The number of hydrogen-bond donors (Lipinski definition) is 1. The monoisotopic (exact) mass is 282 g/mol. The molecule has 0 aliphatic rings. The van der Waals surface area contributed by atoms with Crippen molar-refractivity contribution in [2.24, 2.45) is 5.92 Å². The number of nitrogens with zero attached hydrogens (tertiary/aromatic N) is 3. The number of nitrogens with one attached hydrogen (secondary N) is 1. The Bertz CT molecular complexity index is 468. The van der Waals surface area contributed by atoms with Gasteiger partial charge < -0.3 is 10.1 Å². The van der Waals surface area contributed by atoms with Gasteiger partial charge >= 0.3 is 5.97 Å². The van der Waals surface area contributed by atoms with Crippen LogP contribution < -0.4 is 5.32 Å². The van der Waals surface area contributed by atoms with Crippen LogP contribution in [0.15, 0.2) is 0 Å². The maximum absolute atomic E-state index is 11.8. The molecule has 7 heteroatoms. The molecule has 1 heterocycles. The van der Waals surface area contributed by atoms with Crippen molar-refractivity contribution in [1.29, 1.82) is 0 Å². The molecule has 1 aromatic heterocycles. The van der Waals surface area contributed by atoms with E-state index in [9.17, 15) is 9.59 Å². The predicted molar refractivity (Wildman–Crippen MR) is 73.2 cm³/mol. The molecule has 1 amide bonds. The van der Waals surface area contributed by atoms with Crippen molar-refractivity contribution in [3.8, 4) is 0 Å². The van der Waals surface area contributed by atoms with Crippen molar-refractivity contribution in [1.82, 2.24) is 20.3 Å². The zero-order valence-electron chi connectivity index (χ0n) is 12.5. The minimum atomic E-state index is -0.464. The Labute approximate surface area is 118 Å². The molecule has 0 spiro atoms. The van der Waals surface area contributed by atoms with E-state index >= 15 is 0 Å². The third-order valence-electron chi connectivity index (χ3n) is 2.74. The molecule has 20 heavy (non-hydrogen) atoms. The molecule has 0 saturated carbocycles.